The van der Waals surface area contributed by atoms with Crippen LogP contribution >= 0.6 is 0 Å². The molecule has 152 valence electrons. The summed E-state index contributed by atoms with van der Waals surface area (Å²) in [5, 5.41) is 10.1. The summed E-state index contributed by atoms with van der Waals surface area (Å²) in [4.78, 5) is 52.7. The van der Waals surface area contributed by atoms with Crippen LogP contribution < -0.4 is 0 Å². The lowest BCUT2D eigenvalue weighted by Gasteiger charge is -2.42. The van der Waals surface area contributed by atoms with Gasteiger partial charge in [-0.1, -0.05) is 23.8 Å². The van der Waals surface area contributed by atoms with Crippen molar-refractivity contribution in [2.45, 2.75) is 25.7 Å². The van der Waals surface area contributed by atoms with Gasteiger partial charge in [0.2, 0.25) is 11.8 Å². The van der Waals surface area contributed by atoms with Gasteiger partial charge in [-0.05, 0) is 49.5 Å². The Kier molecular flexibility index (Phi) is 3.97. The third-order valence-electron chi connectivity index (χ3n) is 6.99. The molecule has 0 spiro atoms. The smallest absolute Gasteiger partial charge is 0.233 e. The quantitative estimate of drug-likeness (QED) is 0.442. The Hall–Kier alpha value is -3.28. The van der Waals surface area contributed by atoms with Crippen LogP contribution in [0.25, 0.3) is 0 Å². The number of hydrogen-bond acceptors (Lipinski definition) is 5. The summed E-state index contributed by atoms with van der Waals surface area (Å²) in [6.45, 7) is 1.63. The summed E-state index contributed by atoms with van der Waals surface area (Å²) in [7, 11) is 1.51. The van der Waals surface area contributed by atoms with Crippen molar-refractivity contribution in [2.75, 3.05) is 7.05 Å². The second-order valence-electron chi connectivity index (χ2n) is 8.56. The second kappa shape index (κ2) is 6.36. The molecule has 30 heavy (non-hydrogen) atoms. The molecule has 5 rings (SSSR count). The zero-order valence-electron chi connectivity index (χ0n) is 16.7. The van der Waals surface area contributed by atoms with Crippen molar-refractivity contribution >= 4 is 23.4 Å². The number of likely N-dealkylation sites (tertiary alicyclic amines) is 1. The van der Waals surface area contributed by atoms with E-state index >= 15 is 0 Å². The number of ketones is 2. The van der Waals surface area contributed by atoms with Crippen molar-refractivity contribution in [1.29, 1.82) is 0 Å². The number of phenolic OH excluding ortho intramolecular Hbond substituents is 1. The Morgan fingerprint density at radius 2 is 1.83 bits per heavy atom. The van der Waals surface area contributed by atoms with Gasteiger partial charge in [-0.15, -0.1) is 0 Å². The van der Waals surface area contributed by atoms with Gasteiger partial charge in [0.15, 0.2) is 11.6 Å². The molecule has 0 saturated carbocycles. The minimum absolute atomic E-state index is 0.0687. The fraction of sp³-hybridized carbons (Fsp3) is 0.333. The van der Waals surface area contributed by atoms with Gasteiger partial charge in [-0.3, -0.25) is 24.1 Å². The molecule has 1 aromatic carbocycles. The molecule has 0 aromatic heterocycles. The van der Waals surface area contributed by atoms with Crippen molar-refractivity contribution < 1.29 is 24.3 Å². The third kappa shape index (κ3) is 2.43. The molecule has 2 amide bonds. The van der Waals surface area contributed by atoms with Crippen LogP contribution in [0.2, 0.25) is 0 Å². The van der Waals surface area contributed by atoms with E-state index in [1.165, 1.54) is 18.0 Å². The number of imide groups is 1. The molecule has 1 saturated heterocycles. The lowest BCUT2D eigenvalue weighted by Crippen LogP contribution is -2.39. The first-order valence-corrected chi connectivity index (χ1v) is 10.1. The van der Waals surface area contributed by atoms with E-state index in [1.54, 1.807) is 25.1 Å². The first kappa shape index (κ1) is 18.7. The Bertz CT molecular complexity index is 1140. The number of benzene rings is 1. The fourth-order valence-electron chi connectivity index (χ4n) is 5.62. The summed E-state index contributed by atoms with van der Waals surface area (Å²) < 4.78 is 0. The van der Waals surface area contributed by atoms with Crippen LogP contribution in [0.3, 0.4) is 0 Å². The Balaban J connectivity index is 1.72. The highest BCUT2D eigenvalue weighted by Gasteiger charge is 2.55. The molecule has 1 fully saturated rings. The summed E-state index contributed by atoms with van der Waals surface area (Å²) in [5.41, 5.74) is 2.86. The monoisotopic (exact) mass is 403 g/mol. The average molecular weight is 403 g/mol. The van der Waals surface area contributed by atoms with E-state index in [4.69, 9.17) is 0 Å². The molecule has 3 aliphatic carbocycles. The zero-order chi connectivity index (χ0) is 21.3. The largest absolute Gasteiger partial charge is 0.508 e. The van der Waals surface area contributed by atoms with E-state index in [-0.39, 0.29) is 41.5 Å². The number of rotatable bonds is 1. The Morgan fingerprint density at radius 3 is 2.57 bits per heavy atom. The average Bonchev–Trinajstić information content (AvgIpc) is 2.95. The maximum Gasteiger partial charge on any atom is 0.233 e. The maximum atomic E-state index is 13.0. The number of phenols is 1. The third-order valence-corrected chi connectivity index (χ3v) is 6.99. The van der Waals surface area contributed by atoms with E-state index in [2.05, 4.69) is 0 Å². The number of nitrogens with zero attached hydrogens (tertiary/aromatic N) is 1. The molecule has 4 aliphatic rings. The molecule has 1 aromatic rings. The summed E-state index contributed by atoms with van der Waals surface area (Å²) in [6.07, 6.45) is 4.06. The lowest BCUT2D eigenvalue weighted by molar-refractivity contribution is -0.138. The van der Waals surface area contributed by atoms with Crippen molar-refractivity contribution in [3.05, 3.63) is 64.3 Å². The number of allylic oxidation sites excluding steroid dienone is 6. The van der Waals surface area contributed by atoms with Gasteiger partial charge >= 0.3 is 0 Å². The van der Waals surface area contributed by atoms with Crippen LogP contribution in [0.4, 0.5) is 0 Å². The maximum absolute atomic E-state index is 13.0. The van der Waals surface area contributed by atoms with E-state index < -0.39 is 17.8 Å². The highest BCUT2D eigenvalue weighted by Crippen LogP contribution is 2.54. The van der Waals surface area contributed by atoms with Crippen LogP contribution in [-0.2, 0) is 19.2 Å². The number of Topliss-reactive ketones (excluding diaryl/α,β-unsaturated/α-hetero) is 1. The minimum atomic E-state index is -0.523. The Morgan fingerprint density at radius 1 is 1.07 bits per heavy atom. The molecular weight excluding hydrogens is 382 g/mol. The first-order valence-electron chi connectivity index (χ1n) is 10.1. The van der Waals surface area contributed by atoms with Crippen molar-refractivity contribution in [3.63, 3.8) is 0 Å². The van der Waals surface area contributed by atoms with Crippen molar-refractivity contribution in [2.24, 2.45) is 17.8 Å². The summed E-state index contributed by atoms with van der Waals surface area (Å²) in [5.74, 6) is -2.50. The highest BCUT2D eigenvalue weighted by molar-refractivity contribution is 6.23. The second-order valence-corrected chi connectivity index (χ2v) is 8.56. The van der Waals surface area contributed by atoms with Gasteiger partial charge in [-0.2, -0.15) is 0 Å². The van der Waals surface area contributed by atoms with Gasteiger partial charge in [-0.25, -0.2) is 0 Å². The molecular formula is C24H21NO5. The van der Waals surface area contributed by atoms with Crippen molar-refractivity contribution in [3.8, 4) is 5.75 Å². The zero-order valence-corrected chi connectivity index (χ0v) is 16.7. The number of amides is 2. The molecule has 6 nitrogen and oxygen atoms in total. The number of carbonyl (C=O) groups excluding carboxylic acids is 4. The van der Waals surface area contributed by atoms with Crippen molar-refractivity contribution in [1.82, 2.24) is 4.90 Å². The summed E-state index contributed by atoms with van der Waals surface area (Å²) >= 11 is 0. The predicted octanol–water partition coefficient (Wildman–Crippen LogP) is 2.45. The van der Waals surface area contributed by atoms with Crippen LogP contribution in [0.15, 0.2) is 58.7 Å². The molecule has 4 atom stereocenters. The number of fused-ring (bicyclic) bond motifs is 3. The molecule has 6 heteroatoms. The van der Waals surface area contributed by atoms with E-state index in [0.29, 0.717) is 28.7 Å². The first-order chi connectivity index (χ1) is 14.3. The topological polar surface area (TPSA) is 91.8 Å². The molecule has 1 aliphatic heterocycles. The van der Waals surface area contributed by atoms with Gasteiger partial charge < -0.3 is 5.11 Å². The molecule has 4 unspecified atom stereocenters. The summed E-state index contributed by atoms with van der Waals surface area (Å²) in [6, 6.07) is 6.67. The SMILES string of the molecule is CC1=CC(=O)C2=C(CC3C(=CCC4C(=O)N(C)C(=O)C43)C2c2cccc(O)c2)C1=O. The van der Waals surface area contributed by atoms with Crippen LogP contribution in [-0.4, -0.2) is 40.4 Å². The van der Waals surface area contributed by atoms with Gasteiger partial charge in [0.1, 0.15) is 5.75 Å². The Labute approximate surface area is 173 Å². The molecule has 0 bridgehead atoms. The molecule has 1 N–H and O–H groups in total. The number of hydrogen-bond donors (Lipinski definition) is 1. The van der Waals surface area contributed by atoms with Crippen LogP contribution in [0, 0.1) is 17.8 Å². The normalized spacial score (nSPS) is 30.7. The van der Waals surface area contributed by atoms with E-state index in [9.17, 15) is 24.3 Å². The van der Waals surface area contributed by atoms with Gasteiger partial charge in [0, 0.05) is 29.7 Å². The highest BCUT2D eigenvalue weighted by atomic mass is 16.3. The fourth-order valence-corrected chi connectivity index (χ4v) is 5.62. The standard InChI is InChI=1S/C24H21NO5/c1-11-8-18(27)21-17(22(11)28)10-16-14(19(21)12-4-3-5-13(26)9-12)6-7-15-20(16)24(30)25(2)23(15)29/h3-6,8-9,15-16,19-20,26H,7,10H2,1-2H3. The van der Waals surface area contributed by atoms with Gasteiger partial charge in [0.05, 0.1) is 11.8 Å². The van der Waals surface area contributed by atoms with Crippen LogP contribution in [0.1, 0.15) is 31.2 Å². The van der Waals surface area contributed by atoms with E-state index in [0.717, 1.165) is 5.57 Å². The van der Waals surface area contributed by atoms with Crippen LogP contribution in [0.5, 0.6) is 5.75 Å². The number of aromatic hydroxyl groups is 1. The predicted molar refractivity (Wildman–Crippen MR) is 107 cm³/mol. The van der Waals surface area contributed by atoms with E-state index in [1.807, 2.05) is 12.1 Å². The van der Waals surface area contributed by atoms with Gasteiger partial charge in [0.25, 0.3) is 0 Å². The lowest BCUT2D eigenvalue weighted by atomic mass is 9.59. The molecule has 0 radical (unpaired) electrons. The number of carbonyl (C=O) groups is 4. The molecule has 1 heterocycles. The minimum Gasteiger partial charge on any atom is -0.508 e.